The molecule has 212 valence electrons. The highest BCUT2D eigenvalue weighted by Gasteiger charge is 2.23. The molecule has 0 saturated heterocycles. The summed E-state index contributed by atoms with van der Waals surface area (Å²) >= 11 is 6.27. The molecule has 4 rings (SSSR count). The number of hydrogen-bond donors (Lipinski definition) is 2. The molecule has 1 aliphatic rings. The summed E-state index contributed by atoms with van der Waals surface area (Å²) in [6, 6.07) is 19.1. The van der Waals surface area contributed by atoms with Crippen LogP contribution in [0.2, 0.25) is 5.02 Å². The second kappa shape index (κ2) is 15.7. The zero-order valence-corrected chi connectivity index (χ0v) is 23.1. The van der Waals surface area contributed by atoms with Crippen LogP contribution in [-0.2, 0) is 22.4 Å². The van der Waals surface area contributed by atoms with Crippen molar-refractivity contribution in [2.45, 2.75) is 25.7 Å². The number of benzene rings is 3. The van der Waals surface area contributed by atoms with Crippen molar-refractivity contribution in [2.24, 2.45) is 0 Å². The zero-order valence-electron chi connectivity index (χ0n) is 22.3. The molecular weight excluding hydrogens is 538 g/mol. The Labute approximate surface area is 238 Å². The molecular formula is C31H33ClF2N2O4. The fraction of sp³-hybridized carbons (Fsp3) is 0.290. The molecule has 1 heterocycles. The Morgan fingerprint density at radius 3 is 2.55 bits per heavy atom. The minimum atomic E-state index is -0.569. The predicted octanol–water partition coefficient (Wildman–Crippen LogP) is 5.78. The van der Waals surface area contributed by atoms with Gasteiger partial charge in [-0.15, -0.1) is 0 Å². The van der Waals surface area contributed by atoms with E-state index in [2.05, 4.69) is 29.6 Å². The van der Waals surface area contributed by atoms with Crippen LogP contribution in [0.25, 0.3) is 5.57 Å². The molecule has 0 aromatic heterocycles. The summed E-state index contributed by atoms with van der Waals surface area (Å²) in [4.78, 5) is 23.4. The summed E-state index contributed by atoms with van der Waals surface area (Å²) in [5.41, 5.74) is 5.07. The molecule has 0 radical (unpaired) electrons. The van der Waals surface area contributed by atoms with Gasteiger partial charge in [0.05, 0.1) is 6.61 Å². The molecule has 1 aliphatic heterocycles. The quantitative estimate of drug-likeness (QED) is 0.239. The van der Waals surface area contributed by atoms with Crippen molar-refractivity contribution in [3.63, 3.8) is 0 Å². The molecule has 6 nitrogen and oxygen atoms in total. The fourth-order valence-corrected chi connectivity index (χ4v) is 4.68. The monoisotopic (exact) mass is 570 g/mol. The Morgan fingerprint density at radius 2 is 1.82 bits per heavy atom. The molecule has 3 aromatic carbocycles. The van der Waals surface area contributed by atoms with Crippen molar-refractivity contribution in [2.75, 3.05) is 33.3 Å². The van der Waals surface area contributed by atoms with Gasteiger partial charge in [-0.05, 0) is 72.7 Å². The number of aryl methyl sites for hydroxylation is 1. The molecule has 0 aliphatic carbocycles. The van der Waals surface area contributed by atoms with Crippen LogP contribution in [0.4, 0.5) is 8.78 Å². The van der Waals surface area contributed by atoms with Gasteiger partial charge < -0.3 is 20.1 Å². The lowest BCUT2D eigenvalue weighted by molar-refractivity contribution is -0.126. The van der Waals surface area contributed by atoms with Crippen molar-refractivity contribution < 1.29 is 28.2 Å². The third-order valence-electron chi connectivity index (χ3n) is 6.56. The molecule has 0 fully saturated rings. The minimum absolute atomic E-state index is 0.0278. The number of carboxylic acid groups (broad SMARTS) is 1. The summed E-state index contributed by atoms with van der Waals surface area (Å²) in [6.45, 7) is 1.99. The SMILES string of the molecule is CN(CCc1ccccc1Cl)C(=O)C1=C(c2ccc(CCCOc3cc(F)ccc3F)cc2)CCNC1.O=CO. The highest BCUT2D eigenvalue weighted by atomic mass is 35.5. The predicted molar refractivity (Wildman–Crippen MR) is 153 cm³/mol. The first-order chi connectivity index (χ1) is 19.3. The van der Waals surface area contributed by atoms with Crippen molar-refractivity contribution in [3.05, 3.63) is 106 Å². The molecule has 0 saturated carbocycles. The van der Waals surface area contributed by atoms with Crippen LogP contribution in [-0.4, -0.2) is 55.7 Å². The summed E-state index contributed by atoms with van der Waals surface area (Å²) in [5, 5.41) is 10.9. The maximum absolute atomic E-state index is 13.7. The summed E-state index contributed by atoms with van der Waals surface area (Å²) in [5.74, 6) is -1.13. The lowest BCUT2D eigenvalue weighted by Crippen LogP contribution is -2.36. The Hall–Kier alpha value is -3.75. The fourth-order valence-electron chi connectivity index (χ4n) is 4.45. The number of likely N-dealkylation sites (N-methyl/N-ethyl adjacent to an activating group) is 1. The normalized spacial score (nSPS) is 12.8. The van der Waals surface area contributed by atoms with Crippen LogP contribution in [0.5, 0.6) is 5.75 Å². The van der Waals surface area contributed by atoms with Crippen LogP contribution in [0.15, 0.2) is 72.3 Å². The number of rotatable bonds is 10. The van der Waals surface area contributed by atoms with Gasteiger partial charge >= 0.3 is 0 Å². The molecule has 2 N–H and O–H groups in total. The third-order valence-corrected chi connectivity index (χ3v) is 6.93. The van der Waals surface area contributed by atoms with Crippen molar-refractivity contribution in [1.29, 1.82) is 0 Å². The van der Waals surface area contributed by atoms with Crippen LogP contribution in [0, 0.1) is 11.6 Å². The van der Waals surface area contributed by atoms with Gasteiger partial charge in [-0.25, -0.2) is 8.78 Å². The largest absolute Gasteiger partial charge is 0.490 e. The van der Waals surface area contributed by atoms with Gasteiger partial charge in [0, 0.05) is 36.8 Å². The topological polar surface area (TPSA) is 78.9 Å². The zero-order chi connectivity index (χ0) is 28.9. The van der Waals surface area contributed by atoms with Gasteiger partial charge in [0.25, 0.3) is 12.4 Å². The first-order valence-electron chi connectivity index (χ1n) is 13.0. The van der Waals surface area contributed by atoms with Crippen molar-refractivity contribution >= 4 is 29.6 Å². The van der Waals surface area contributed by atoms with Crippen LogP contribution >= 0.6 is 11.6 Å². The van der Waals surface area contributed by atoms with Gasteiger partial charge in [-0.1, -0.05) is 54.1 Å². The van der Waals surface area contributed by atoms with Gasteiger partial charge in [-0.2, -0.15) is 0 Å². The number of nitrogens with one attached hydrogen (secondary N) is 1. The van der Waals surface area contributed by atoms with Crippen molar-refractivity contribution in [3.8, 4) is 5.75 Å². The average molecular weight is 571 g/mol. The smallest absolute Gasteiger partial charge is 0.290 e. The van der Waals surface area contributed by atoms with Crippen LogP contribution < -0.4 is 10.1 Å². The van der Waals surface area contributed by atoms with Crippen LogP contribution in [0.3, 0.4) is 0 Å². The van der Waals surface area contributed by atoms with E-state index in [-0.39, 0.29) is 24.7 Å². The molecule has 9 heteroatoms. The van der Waals surface area contributed by atoms with E-state index in [1.54, 1.807) is 4.90 Å². The number of carbonyl (C=O) groups is 2. The first-order valence-corrected chi connectivity index (χ1v) is 13.4. The highest BCUT2D eigenvalue weighted by molar-refractivity contribution is 6.31. The number of nitrogens with zero attached hydrogens (tertiary/aromatic N) is 1. The van der Waals surface area contributed by atoms with Gasteiger partial charge in [0.15, 0.2) is 11.6 Å². The highest BCUT2D eigenvalue weighted by Crippen LogP contribution is 2.27. The molecule has 0 unspecified atom stereocenters. The Balaban J connectivity index is 0.00000141. The molecule has 3 aromatic rings. The number of halogens is 3. The first kappa shape index (κ1) is 30.8. The van der Waals surface area contributed by atoms with Gasteiger partial charge in [0.2, 0.25) is 0 Å². The third kappa shape index (κ3) is 8.89. The summed E-state index contributed by atoms with van der Waals surface area (Å²) < 4.78 is 32.4. The summed E-state index contributed by atoms with van der Waals surface area (Å²) in [6.07, 6.45) is 2.89. The van der Waals surface area contributed by atoms with Crippen molar-refractivity contribution in [1.82, 2.24) is 10.2 Å². The van der Waals surface area contributed by atoms with E-state index < -0.39 is 11.6 Å². The lowest BCUT2D eigenvalue weighted by Gasteiger charge is -2.25. The Kier molecular flexibility index (Phi) is 12.1. The maximum atomic E-state index is 13.7. The number of amides is 1. The Morgan fingerprint density at radius 1 is 1.10 bits per heavy atom. The van der Waals surface area contributed by atoms with E-state index in [0.29, 0.717) is 25.9 Å². The number of carbonyl (C=O) groups excluding carboxylic acids is 1. The number of hydrogen-bond acceptors (Lipinski definition) is 4. The number of ether oxygens (including phenoxy) is 1. The maximum Gasteiger partial charge on any atom is 0.290 e. The standard InChI is InChI=1S/C30H31ClF2N2O2.CH2O2/c1-35(17-15-23-6-2-3-7-27(23)31)30(36)26-20-34-16-14-25(26)22-10-8-21(9-11-22)5-4-18-37-29-19-24(32)12-13-28(29)33;2-1-3/h2-3,6-13,19,34H,4-5,14-18,20H2,1H3;1H,(H,2,3). The van der Waals surface area contributed by atoms with Crippen LogP contribution in [0.1, 0.15) is 29.5 Å². The second-order valence-corrected chi connectivity index (χ2v) is 9.69. The van der Waals surface area contributed by atoms with E-state index in [1.807, 2.05) is 31.3 Å². The molecule has 40 heavy (non-hydrogen) atoms. The molecule has 0 atom stereocenters. The molecule has 0 spiro atoms. The van der Waals surface area contributed by atoms with E-state index in [9.17, 15) is 13.6 Å². The van der Waals surface area contributed by atoms with E-state index in [4.69, 9.17) is 26.2 Å². The second-order valence-electron chi connectivity index (χ2n) is 9.28. The molecule has 0 bridgehead atoms. The van der Waals surface area contributed by atoms with Gasteiger partial charge in [-0.3, -0.25) is 9.59 Å². The Bertz CT molecular complexity index is 1310. The van der Waals surface area contributed by atoms with Gasteiger partial charge in [0.1, 0.15) is 5.82 Å². The molecule has 1 amide bonds. The van der Waals surface area contributed by atoms with E-state index >= 15 is 0 Å². The lowest BCUT2D eigenvalue weighted by atomic mass is 9.92. The minimum Gasteiger partial charge on any atom is -0.490 e. The average Bonchev–Trinajstić information content (AvgIpc) is 2.97. The van der Waals surface area contributed by atoms with E-state index in [1.165, 1.54) is 0 Å². The van der Waals surface area contributed by atoms with E-state index in [0.717, 1.165) is 70.4 Å². The summed E-state index contributed by atoms with van der Waals surface area (Å²) in [7, 11) is 1.83.